The van der Waals surface area contributed by atoms with Gasteiger partial charge >= 0.3 is 18.7 Å². The number of aromatic nitrogens is 5. The van der Waals surface area contributed by atoms with Crippen LogP contribution in [-0.2, 0) is 26.4 Å². The van der Waals surface area contributed by atoms with Gasteiger partial charge in [0.05, 0.1) is 17.3 Å². The number of nitrogens with one attached hydrogen (secondary N) is 3. The Morgan fingerprint density at radius 2 is 1.81 bits per heavy atom. The van der Waals surface area contributed by atoms with Crippen LogP contribution in [-0.4, -0.2) is 66.6 Å². The highest BCUT2D eigenvalue weighted by molar-refractivity contribution is 6.33. The summed E-state index contributed by atoms with van der Waals surface area (Å²) < 4.78 is 38.6. The van der Waals surface area contributed by atoms with Crippen molar-refractivity contribution in [2.24, 2.45) is 10.4 Å². The number of rotatable bonds is 12. The first-order chi connectivity index (χ1) is 27.3. The van der Waals surface area contributed by atoms with Gasteiger partial charge in [-0.15, -0.1) is 4.99 Å². The lowest BCUT2D eigenvalue weighted by Crippen LogP contribution is -2.47. The van der Waals surface area contributed by atoms with E-state index < -0.39 is 41.6 Å². The summed E-state index contributed by atoms with van der Waals surface area (Å²) in [6, 6.07) is 19.9. The Morgan fingerprint density at radius 3 is 2.46 bits per heavy atom. The zero-order valence-corrected chi connectivity index (χ0v) is 32.0. The molecule has 1 saturated heterocycles. The zero-order valence-electron chi connectivity index (χ0n) is 31.3. The molecule has 3 N–H and O–H groups in total. The minimum absolute atomic E-state index is 0.00301. The molecule has 17 heteroatoms. The fraction of sp³-hybridized carbons (Fsp3) is 0.325. The summed E-state index contributed by atoms with van der Waals surface area (Å²) >= 11 is 6.62. The van der Waals surface area contributed by atoms with Crippen LogP contribution in [0.5, 0.6) is 0 Å². The van der Waals surface area contributed by atoms with Gasteiger partial charge in [0.2, 0.25) is 5.96 Å². The van der Waals surface area contributed by atoms with E-state index in [0.717, 1.165) is 18.4 Å². The van der Waals surface area contributed by atoms with Gasteiger partial charge in [0.1, 0.15) is 25.1 Å². The maximum Gasteiger partial charge on any atom is 0.437 e. The van der Waals surface area contributed by atoms with Crippen molar-refractivity contribution in [2.45, 2.75) is 70.8 Å². The molecule has 2 aromatic heterocycles. The number of hydrogen-bond acceptors (Lipinski definition) is 8. The summed E-state index contributed by atoms with van der Waals surface area (Å²) in [5.41, 5.74) is 1.19. The summed E-state index contributed by atoms with van der Waals surface area (Å²) in [4.78, 5) is 51.9. The highest BCUT2D eigenvalue weighted by atomic mass is 35.5. The van der Waals surface area contributed by atoms with E-state index >= 15 is 4.79 Å². The molecule has 3 amide bonds. The topological polar surface area (TPSA) is 169 Å². The number of guanidine groups is 1. The standard InChI is InChI=1S/C40H40ClF2N9O5/c1-39(2,3)22-40(28-12-9-25(10-13-28)27-18-46-51(19-27)35(42)43)34(53)52(36(49-40)48-38(55)56-20-24-7-5-4-6-8-24)32(21-57-37(54)47-29-14-15-29)26-11-16-31(41)30(17-26)33-44-23-45-50-33/h4-13,16-19,23,29,32,35H,14-15,20-22H2,1-3H3,(H,47,54)(H,44,45,50)(H,48,49,55)/t32?,40-/m1/s1. The average molecular weight is 800 g/mol. The first-order valence-corrected chi connectivity index (χ1v) is 18.6. The van der Waals surface area contributed by atoms with Crippen LogP contribution in [0.1, 0.15) is 69.3 Å². The van der Waals surface area contributed by atoms with Gasteiger partial charge in [-0.2, -0.15) is 19.0 Å². The number of alkyl halides is 2. The Hall–Kier alpha value is -6.16. The molecular formula is C40H40ClF2N9O5. The van der Waals surface area contributed by atoms with Gasteiger partial charge in [0.25, 0.3) is 5.91 Å². The van der Waals surface area contributed by atoms with Gasteiger partial charge in [-0.05, 0) is 59.1 Å². The van der Waals surface area contributed by atoms with Gasteiger partial charge in [-0.25, -0.2) is 19.3 Å². The van der Waals surface area contributed by atoms with E-state index in [1.54, 1.807) is 54.6 Å². The van der Waals surface area contributed by atoms with Crippen molar-refractivity contribution < 1.29 is 32.6 Å². The number of aliphatic imine (C=N–C) groups is 1. The number of H-pyrrole nitrogens is 1. The van der Waals surface area contributed by atoms with Crippen molar-refractivity contribution in [3.05, 3.63) is 113 Å². The van der Waals surface area contributed by atoms with Crippen LogP contribution in [0.2, 0.25) is 5.02 Å². The Morgan fingerprint density at radius 1 is 1.05 bits per heavy atom. The zero-order chi connectivity index (χ0) is 40.3. The van der Waals surface area contributed by atoms with Gasteiger partial charge in [-0.1, -0.05) is 93.0 Å². The molecule has 7 rings (SSSR count). The van der Waals surface area contributed by atoms with E-state index in [9.17, 15) is 18.4 Å². The van der Waals surface area contributed by atoms with Crippen LogP contribution in [0.15, 0.2) is 96.5 Å². The molecule has 0 radical (unpaired) electrons. The van der Waals surface area contributed by atoms with E-state index in [2.05, 4.69) is 35.9 Å². The van der Waals surface area contributed by atoms with Crippen molar-refractivity contribution in [1.29, 1.82) is 0 Å². The minimum atomic E-state index is -2.80. The summed E-state index contributed by atoms with van der Waals surface area (Å²) in [5.74, 6) is -0.284. The molecule has 296 valence electrons. The molecule has 2 fully saturated rings. The van der Waals surface area contributed by atoms with Crippen molar-refractivity contribution in [2.75, 3.05) is 6.61 Å². The highest BCUT2D eigenvalue weighted by Crippen LogP contribution is 2.43. The maximum absolute atomic E-state index is 15.5. The lowest BCUT2D eigenvalue weighted by Gasteiger charge is -2.35. The monoisotopic (exact) mass is 799 g/mol. The summed E-state index contributed by atoms with van der Waals surface area (Å²) in [5, 5.41) is 17.0. The van der Waals surface area contributed by atoms with E-state index in [0.29, 0.717) is 43.3 Å². The van der Waals surface area contributed by atoms with Gasteiger partial charge in [-0.3, -0.25) is 14.8 Å². The van der Waals surface area contributed by atoms with Crippen LogP contribution in [0.25, 0.3) is 22.5 Å². The molecule has 1 aliphatic carbocycles. The lowest BCUT2D eigenvalue weighted by atomic mass is 9.75. The van der Waals surface area contributed by atoms with Crippen LogP contribution < -0.4 is 10.6 Å². The molecule has 1 unspecified atom stereocenters. The summed E-state index contributed by atoms with van der Waals surface area (Å²) in [7, 11) is 0. The van der Waals surface area contributed by atoms with Crippen LogP contribution >= 0.6 is 11.6 Å². The number of ether oxygens (including phenoxy) is 2. The first kappa shape index (κ1) is 39.1. The summed E-state index contributed by atoms with van der Waals surface area (Å²) in [6.07, 6.45) is 4.13. The Balaban J connectivity index is 1.33. The number of amides is 3. The molecular weight excluding hydrogens is 760 g/mol. The largest absolute Gasteiger partial charge is 0.447 e. The molecule has 3 aromatic carbocycles. The number of alkyl carbamates (subject to hydrolysis) is 1. The third kappa shape index (κ3) is 8.96. The highest BCUT2D eigenvalue weighted by Gasteiger charge is 2.55. The van der Waals surface area contributed by atoms with Gasteiger partial charge < -0.3 is 20.1 Å². The number of carbonyl (C=O) groups excluding carboxylic acids is 3. The Bertz CT molecular complexity index is 2260. The first-order valence-electron chi connectivity index (χ1n) is 18.2. The van der Waals surface area contributed by atoms with Gasteiger partial charge in [0, 0.05) is 23.4 Å². The molecule has 5 aromatic rings. The van der Waals surface area contributed by atoms with Crippen molar-refractivity contribution in [3.8, 4) is 22.5 Å². The number of benzene rings is 3. The predicted octanol–water partition coefficient (Wildman–Crippen LogP) is 7.77. The second kappa shape index (κ2) is 16.1. The van der Waals surface area contributed by atoms with E-state index in [4.69, 9.17) is 21.1 Å². The molecule has 14 nitrogen and oxygen atoms in total. The molecule has 1 aliphatic heterocycles. The number of hydrogen-bond donors (Lipinski definition) is 3. The van der Waals surface area contributed by atoms with E-state index in [-0.39, 0.29) is 31.6 Å². The number of aromatic amines is 1. The minimum Gasteiger partial charge on any atom is -0.447 e. The predicted molar refractivity (Wildman–Crippen MR) is 206 cm³/mol. The number of halogens is 3. The number of carbonyl (C=O) groups is 3. The fourth-order valence-corrected chi connectivity index (χ4v) is 6.95. The third-order valence-electron chi connectivity index (χ3n) is 9.48. The molecule has 0 bridgehead atoms. The third-order valence-corrected chi connectivity index (χ3v) is 9.81. The van der Waals surface area contributed by atoms with E-state index in [1.165, 1.54) is 23.6 Å². The number of nitrogens with zero attached hydrogens (tertiary/aromatic N) is 6. The van der Waals surface area contributed by atoms with Crippen molar-refractivity contribution >= 4 is 35.7 Å². The Kier molecular flexibility index (Phi) is 11.1. The quantitative estimate of drug-likeness (QED) is 0.114. The second-order valence-corrected chi connectivity index (χ2v) is 15.5. The smallest absolute Gasteiger partial charge is 0.437 e. The van der Waals surface area contributed by atoms with Crippen LogP contribution in [0.4, 0.5) is 18.4 Å². The molecule has 1 saturated carbocycles. The van der Waals surface area contributed by atoms with Gasteiger partial charge in [0.15, 0.2) is 5.82 Å². The normalized spacial score (nSPS) is 18.1. The van der Waals surface area contributed by atoms with E-state index in [1.807, 2.05) is 39.0 Å². The van der Waals surface area contributed by atoms with Crippen molar-refractivity contribution in [3.63, 3.8) is 0 Å². The van der Waals surface area contributed by atoms with Crippen molar-refractivity contribution in [1.82, 2.24) is 40.5 Å². The Labute approximate surface area is 331 Å². The SMILES string of the molecule is CC(C)(C)C[C@]1(c2ccc(-c3cnn(C(F)F)c3)cc2)NC(=NC(=O)OCc2ccccc2)N(C(COC(=O)NC2CC2)c2ccc(Cl)c(-c3ncn[nH]3)c2)C1=O. The molecule has 57 heavy (non-hydrogen) atoms. The average Bonchev–Trinajstić information content (AvgIpc) is 3.52. The van der Waals surface area contributed by atoms with Crippen LogP contribution in [0.3, 0.4) is 0 Å². The molecule has 2 aliphatic rings. The summed E-state index contributed by atoms with van der Waals surface area (Å²) in [6.45, 7) is 2.68. The molecule has 2 atom stereocenters. The van der Waals surface area contributed by atoms with Crippen LogP contribution in [0, 0.1) is 5.41 Å². The fourth-order valence-electron chi connectivity index (χ4n) is 6.75. The second-order valence-electron chi connectivity index (χ2n) is 15.1. The molecule has 0 spiro atoms. The lowest BCUT2D eigenvalue weighted by molar-refractivity contribution is -0.134. The molecule has 3 heterocycles. The maximum atomic E-state index is 15.5.